The quantitative estimate of drug-likeness (QED) is 0.778. The minimum absolute atomic E-state index is 0.239. The molecule has 82 valence electrons. The standard InChI is InChI=1S/C11H21ClN2/c1-4-11(3)9-14(8-10(2)12)7-5-6-13-11/h13H,2,4-9H2,1,3H3. The Morgan fingerprint density at radius 1 is 1.64 bits per heavy atom. The summed E-state index contributed by atoms with van der Waals surface area (Å²) in [5.41, 5.74) is 0.239. The molecule has 1 rings (SSSR count). The highest BCUT2D eigenvalue weighted by molar-refractivity contribution is 6.29. The summed E-state index contributed by atoms with van der Waals surface area (Å²) in [5, 5.41) is 4.34. The highest BCUT2D eigenvalue weighted by Crippen LogP contribution is 2.16. The zero-order chi connectivity index (χ0) is 10.6. The molecule has 0 radical (unpaired) electrons. The van der Waals surface area contributed by atoms with E-state index < -0.39 is 0 Å². The molecule has 1 saturated heterocycles. The van der Waals surface area contributed by atoms with Crippen LogP contribution in [0.2, 0.25) is 0 Å². The first-order chi connectivity index (χ1) is 6.56. The van der Waals surface area contributed by atoms with Crippen LogP contribution in [-0.4, -0.2) is 36.6 Å². The Bertz CT molecular complexity index is 205. The van der Waals surface area contributed by atoms with Gasteiger partial charge in [0, 0.05) is 23.7 Å². The van der Waals surface area contributed by atoms with Crippen LogP contribution >= 0.6 is 11.6 Å². The lowest BCUT2D eigenvalue weighted by atomic mass is 9.99. The van der Waals surface area contributed by atoms with Gasteiger partial charge in [-0.15, -0.1) is 0 Å². The topological polar surface area (TPSA) is 15.3 Å². The van der Waals surface area contributed by atoms with Crippen LogP contribution in [0.3, 0.4) is 0 Å². The van der Waals surface area contributed by atoms with Crippen molar-refractivity contribution in [1.29, 1.82) is 0 Å². The van der Waals surface area contributed by atoms with Gasteiger partial charge in [0.1, 0.15) is 0 Å². The van der Waals surface area contributed by atoms with Crippen molar-refractivity contribution in [3.05, 3.63) is 11.6 Å². The minimum Gasteiger partial charge on any atom is -0.310 e. The Morgan fingerprint density at radius 3 is 2.93 bits per heavy atom. The summed E-state index contributed by atoms with van der Waals surface area (Å²) in [6.45, 7) is 12.4. The molecule has 0 spiro atoms. The summed E-state index contributed by atoms with van der Waals surface area (Å²) in [7, 11) is 0. The zero-order valence-corrected chi connectivity index (χ0v) is 10.0. The van der Waals surface area contributed by atoms with Gasteiger partial charge in [-0.05, 0) is 32.9 Å². The van der Waals surface area contributed by atoms with Crippen molar-refractivity contribution in [2.75, 3.05) is 26.2 Å². The second-order valence-corrected chi connectivity index (χ2v) is 4.96. The first-order valence-corrected chi connectivity index (χ1v) is 5.74. The molecule has 1 atom stereocenters. The van der Waals surface area contributed by atoms with Crippen molar-refractivity contribution >= 4 is 11.6 Å². The molecule has 0 aliphatic carbocycles. The normalized spacial score (nSPS) is 29.9. The Balaban J connectivity index is 2.55. The number of nitrogens with one attached hydrogen (secondary N) is 1. The lowest BCUT2D eigenvalue weighted by Crippen LogP contribution is -2.48. The average molecular weight is 217 g/mol. The highest BCUT2D eigenvalue weighted by atomic mass is 35.5. The summed E-state index contributed by atoms with van der Waals surface area (Å²) in [6, 6.07) is 0. The molecule has 2 nitrogen and oxygen atoms in total. The maximum Gasteiger partial charge on any atom is 0.0336 e. The van der Waals surface area contributed by atoms with Gasteiger partial charge in [-0.2, -0.15) is 0 Å². The molecule has 1 aliphatic rings. The zero-order valence-electron chi connectivity index (χ0n) is 9.27. The van der Waals surface area contributed by atoms with Crippen LogP contribution < -0.4 is 5.32 Å². The Kier molecular flexibility index (Phi) is 4.42. The van der Waals surface area contributed by atoms with Crippen LogP contribution in [0.1, 0.15) is 26.7 Å². The Labute approximate surface area is 92.3 Å². The summed E-state index contributed by atoms with van der Waals surface area (Å²) < 4.78 is 0. The summed E-state index contributed by atoms with van der Waals surface area (Å²) in [6.07, 6.45) is 2.35. The predicted octanol–water partition coefficient (Wildman–Crippen LogP) is 2.20. The molecule has 0 aromatic rings. The number of nitrogens with zero attached hydrogens (tertiary/aromatic N) is 1. The molecule has 1 N–H and O–H groups in total. The monoisotopic (exact) mass is 216 g/mol. The van der Waals surface area contributed by atoms with E-state index in [2.05, 4.69) is 30.6 Å². The van der Waals surface area contributed by atoms with E-state index in [-0.39, 0.29) is 5.54 Å². The molecule has 0 aromatic carbocycles. The summed E-state index contributed by atoms with van der Waals surface area (Å²) in [5.74, 6) is 0. The van der Waals surface area contributed by atoms with Crippen LogP contribution in [0, 0.1) is 0 Å². The molecule has 1 fully saturated rings. The van der Waals surface area contributed by atoms with Gasteiger partial charge < -0.3 is 5.32 Å². The first kappa shape index (κ1) is 12.0. The second-order valence-electron chi connectivity index (χ2n) is 4.42. The van der Waals surface area contributed by atoms with Gasteiger partial charge in [0.2, 0.25) is 0 Å². The number of halogens is 1. The van der Waals surface area contributed by atoms with Crippen molar-refractivity contribution in [1.82, 2.24) is 10.2 Å². The molecule has 0 bridgehead atoms. The fourth-order valence-corrected chi connectivity index (χ4v) is 2.10. The van der Waals surface area contributed by atoms with Gasteiger partial charge in [-0.25, -0.2) is 0 Å². The molecule has 1 unspecified atom stereocenters. The average Bonchev–Trinajstić information content (AvgIpc) is 2.27. The van der Waals surface area contributed by atoms with E-state index in [1.54, 1.807) is 0 Å². The highest BCUT2D eigenvalue weighted by Gasteiger charge is 2.26. The van der Waals surface area contributed by atoms with E-state index >= 15 is 0 Å². The van der Waals surface area contributed by atoms with Gasteiger partial charge in [-0.1, -0.05) is 25.1 Å². The maximum atomic E-state index is 5.84. The molecular formula is C11H21ClN2. The largest absolute Gasteiger partial charge is 0.310 e. The van der Waals surface area contributed by atoms with Crippen LogP contribution in [0.15, 0.2) is 11.6 Å². The SMILES string of the molecule is C=C(Cl)CN1CCCNC(C)(CC)C1. The van der Waals surface area contributed by atoms with E-state index in [9.17, 15) is 0 Å². The molecule has 0 aromatic heterocycles. The van der Waals surface area contributed by atoms with Crippen LogP contribution in [0.5, 0.6) is 0 Å². The molecule has 3 heteroatoms. The van der Waals surface area contributed by atoms with E-state index in [1.807, 2.05) is 0 Å². The van der Waals surface area contributed by atoms with Crippen LogP contribution in [-0.2, 0) is 0 Å². The van der Waals surface area contributed by atoms with Crippen molar-refractivity contribution in [3.8, 4) is 0 Å². The number of hydrogen-bond acceptors (Lipinski definition) is 2. The van der Waals surface area contributed by atoms with E-state index in [0.29, 0.717) is 0 Å². The number of rotatable bonds is 3. The van der Waals surface area contributed by atoms with Crippen molar-refractivity contribution in [3.63, 3.8) is 0 Å². The first-order valence-electron chi connectivity index (χ1n) is 5.36. The van der Waals surface area contributed by atoms with Crippen molar-refractivity contribution < 1.29 is 0 Å². The fourth-order valence-electron chi connectivity index (χ4n) is 1.94. The molecule has 0 saturated carbocycles. The lowest BCUT2D eigenvalue weighted by Gasteiger charge is -2.32. The third-order valence-electron chi connectivity index (χ3n) is 2.95. The number of hydrogen-bond donors (Lipinski definition) is 1. The van der Waals surface area contributed by atoms with Gasteiger partial charge in [0.25, 0.3) is 0 Å². The molecule has 14 heavy (non-hydrogen) atoms. The molecule has 1 heterocycles. The minimum atomic E-state index is 0.239. The molecule has 1 aliphatic heterocycles. The van der Waals surface area contributed by atoms with Crippen LogP contribution in [0.25, 0.3) is 0 Å². The van der Waals surface area contributed by atoms with Crippen LogP contribution in [0.4, 0.5) is 0 Å². The summed E-state index contributed by atoms with van der Waals surface area (Å²) >= 11 is 5.84. The Morgan fingerprint density at radius 2 is 2.36 bits per heavy atom. The van der Waals surface area contributed by atoms with E-state index in [4.69, 9.17) is 11.6 Å². The summed E-state index contributed by atoms with van der Waals surface area (Å²) in [4.78, 5) is 2.39. The van der Waals surface area contributed by atoms with E-state index in [0.717, 1.165) is 37.6 Å². The van der Waals surface area contributed by atoms with Gasteiger partial charge >= 0.3 is 0 Å². The Hall–Kier alpha value is -0.0500. The third kappa shape index (κ3) is 3.60. The molecular weight excluding hydrogens is 196 g/mol. The maximum absolute atomic E-state index is 5.84. The van der Waals surface area contributed by atoms with E-state index in [1.165, 1.54) is 6.42 Å². The third-order valence-corrected chi connectivity index (χ3v) is 3.07. The van der Waals surface area contributed by atoms with Crippen molar-refractivity contribution in [2.45, 2.75) is 32.2 Å². The lowest BCUT2D eigenvalue weighted by molar-refractivity contribution is 0.231. The van der Waals surface area contributed by atoms with Gasteiger partial charge in [0.15, 0.2) is 0 Å². The second kappa shape index (κ2) is 5.15. The predicted molar refractivity (Wildman–Crippen MR) is 62.7 cm³/mol. The smallest absolute Gasteiger partial charge is 0.0336 e. The fraction of sp³-hybridized carbons (Fsp3) is 0.818. The van der Waals surface area contributed by atoms with Crippen molar-refractivity contribution in [2.24, 2.45) is 0 Å². The molecule has 0 amide bonds. The van der Waals surface area contributed by atoms with Gasteiger partial charge in [0.05, 0.1) is 0 Å². The van der Waals surface area contributed by atoms with Gasteiger partial charge in [-0.3, -0.25) is 4.90 Å².